The minimum Gasteiger partial charge on any atom is -0.382 e. The number of anilines is 1. The molecule has 2 aromatic rings. The largest absolute Gasteiger partial charge is 0.382 e. The Morgan fingerprint density at radius 3 is 2.84 bits per heavy atom. The highest BCUT2D eigenvalue weighted by atomic mass is 19.3. The van der Waals surface area contributed by atoms with Crippen molar-refractivity contribution < 1.29 is 23.1 Å². The zero-order chi connectivity index (χ0) is 22.6. The Bertz CT molecular complexity index is 956. The SMILES string of the molecule is COC[C@H](c1ccnc(NC(=O)[C@@H](N)c2cccc(C)c2)c1)N1CC(F)(F)CNC1=O. The van der Waals surface area contributed by atoms with Crippen molar-refractivity contribution in [3.63, 3.8) is 0 Å². The molecule has 31 heavy (non-hydrogen) atoms. The fourth-order valence-corrected chi connectivity index (χ4v) is 3.40. The Morgan fingerprint density at radius 2 is 2.13 bits per heavy atom. The number of methoxy groups -OCH3 is 1. The van der Waals surface area contributed by atoms with E-state index in [1.807, 2.05) is 25.1 Å². The Hall–Kier alpha value is -3.11. The second kappa shape index (κ2) is 9.36. The number of nitrogens with one attached hydrogen (secondary N) is 2. The van der Waals surface area contributed by atoms with Gasteiger partial charge in [-0.1, -0.05) is 29.8 Å². The highest BCUT2D eigenvalue weighted by Crippen LogP contribution is 2.29. The van der Waals surface area contributed by atoms with Gasteiger partial charge in [0, 0.05) is 13.3 Å². The third kappa shape index (κ3) is 5.53. The number of benzene rings is 1. The van der Waals surface area contributed by atoms with Gasteiger partial charge < -0.3 is 26.0 Å². The first kappa shape index (κ1) is 22.6. The quantitative estimate of drug-likeness (QED) is 0.621. The van der Waals surface area contributed by atoms with Crippen molar-refractivity contribution >= 4 is 17.8 Å². The molecule has 3 amide bonds. The van der Waals surface area contributed by atoms with E-state index in [4.69, 9.17) is 10.5 Å². The van der Waals surface area contributed by atoms with Crippen LogP contribution in [0.2, 0.25) is 0 Å². The lowest BCUT2D eigenvalue weighted by molar-refractivity contribution is -0.117. The number of carbonyl (C=O) groups is 2. The Kier molecular flexibility index (Phi) is 6.81. The third-order valence-corrected chi connectivity index (χ3v) is 4.97. The lowest BCUT2D eigenvalue weighted by atomic mass is 10.0. The van der Waals surface area contributed by atoms with Gasteiger partial charge in [-0.2, -0.15) is 0 Å². The molecule has 2 atom stereocenters. The summed E-state index contributed by atoms with van der Waals surface area (Å²) in [6, 6.07) is 8.07. The summed E-state index contributed by atoms with van der Waals surface area (Å²) in [5.41, 5.74) is 8.17. The minimum absolute atomic E-state index is 0.0102. The van der Waals surface area contributed by atoms with Crippen LogP contribution in [0.1, 0.15) is 28.8 Å². The molecule has 1 fully saturated rings. The molecular formula is C21H25F2N5O3. The van der Waals surface area contributed by atoms with Crippen LogP contribution in [-0.2, 0) is 9.53 Å². The highest BCUT2D eigenvalue weighted by Gasteiger charge is 2.42. The van der Waals surface area contributed by atoms with E-state index < -0.39 is 43.0 Å². The first-order valence-corrected chi connectivity index (χ1v) is 9.70. The monoisotopic (exact) mass is 433 g/mol. The second-order valence-corrected chi connectivity index (χ2v) is 7.47. The lowest BCUT2D eigenvalue weighted by Gasteiger charge is -2.38. The first-order chi connectivity index (χ1) is 14.7. The van der Waals surface area contributed by atoms with E-state index in [0.717, 1.165) is 10.5 Å². The molecule has 0 aliphatic carbocycles. The number of amides is 3. The molecule has 0 bridgehead atoms. The molecule has 0 unspecified atom stereocenters. The van der Waals surface area contributed by atoms with Gasteiger partial charge >= 0.3 is 6.03 Å². The molecule has 2 heterocycles. The van der Waals surface area contributed by atoms with E-state index in [1.165, 1.54) is 19.4 Å². The standard InChI is InChI=1S/C21H25F2N5O3/c1-13-4-3-5-15(8-13)18(24)19(29)27-17-9-14(6-7-25-17)16(10-31-2)28-12-21(22,23)11-26-20(28)30/h3-9,16,18H,10-12,24H2,1-2H3,(H,26,30)(H,25,27,29)/t16-,18+/m1/s1. The first-order valence-electron chi connectivity index (χ1n) is 9.70. The molecule has 10 heteroatoms. The maximum Gasteiger partial charge on any atom is 0.318 e. The van der Waals surface area contributed by atoms with E-state index in [0.29, 0.717) is 11.1 Å². The van der Waals surface area contributed by atoms with Crippen molar-refractivity contribution in [3.05, 3.63) is 59.3 Å². The molecule has 4 N–H and O–H groups in total. The molecule has 0 spiro atoms. The molecule has 1 aromatic carbocycles. The van der Waals surface area contributed by atoms with Gasteiger partial charge in [0.2, 0.25) is 5.91 Å². The topological polar surface area (TPSA) is 110 Å². The van der Waals surface area contributed by atoms with Gasteiger partial charge in [0.05, 0.1) is 25.7 Å². The van der Waals surface area contributed by atoms with E-state index >= 15 is 0 Å². The number of urea groups is 1. The van der Waals surface area contributed by atoms with Gasteiger partial charge in [-0.15, -0.1) is 0 Å². The fourth-order valence-electron chi connectivity index (χ4n) is 3.40. The number of nitrogens with two attached hydrogens (primary N) is 1. The number of aryl methyl sites for hydroxylation is 1. The molecule has 1 aliphatic rings. The van der Waals surface area contributed by atoms with Crippen LogP contribution in [0.5, 0.6) is 0 Å². The summed E-state index contributed by atoms with van der Waals surface area (Å²) in [6.07, 6.45) is 1.42. The Morgan fingerprint density at radius 1 is 1.35 bits per heavy atom. The molecule has 0 saturated carbocycles. The number of carbonyl (C=O) groups excluding carboxylic acids is 2. The van der Waals surface area contributed by atoms with Crippen LogP contribution < -0.4 is 16.4 Å². The van der Waals surface area contributed by atoms with Crippen molar-refractivity contribution in [2.75, 3.05) is 32.1 Å². The van der Waals surface area contributed by atoms with Crippen molar-refractivity contribution in [3.8, 4) is 0 Å². The van der Waals surface area contributed by atoms with Crippen LogP contribution in [0.15, 0.2) is 42.6 Å². The molecular weight excluding hydrogens is 408 g/mol. The van der Waals surface area contributed by atoms with Crippen molar-refractivity contribution in [1.29, 1.82) is 0 Å². The zero-order valence-corrected chi connectivity index (χ0v) is 17.3. The normalized spacial score (nSPS) is 17.6. The number of ether oxygens (including phenoxy) is 1. The second-order valence-electron chi connectivity index (χ2n) is 7.47. The minimum atomic E-state index is -3.06. The highest BCUT2D eigenvalue weighted by molar-refractivity contribution is 5.94. The van der Waals surface area contributed by atoms with Crippen LogP contribution in [-0.4, -0.2) is 54.6 Å². The summed E-state index contributed by atoms with van der Waals surface area (Å²) >= 11 is 0. The maximum absolute atomic E-state index is 13.9. The van der Waals surface area contributed by atoms with Gasteiger partial charge in [0.25, 0.3) is 5.92 Å². The van der Waals surface area contributed by atoms with Crippen molar-refractivity contribution in [2.45, 2.75) is 24.9 Å². The van der Waals surface area contributed by atoms with Crippen LogP contribution in [0.4, 0.5) is 19.4 Å². The predicted molar refractivity (Wildman–Crippen MR) is 111 cm³/mol. The molecule has 1 aliphatic heterocycles. The van der Waals surface area contributed by atoms with Gasteiger partial charge in [0.1, 0.15) is 11.9 Å². The number of pyridine rings is 1. The number of nitrogens with zero attached hydrogens (tertiary/aromatic N) is 2. The van der Waals surface area contributed by atoms with Crippen LogP contribution in [0.3, 0.4) is 0 Å². The number of alkyl halides is 2. The molecule has 0 radical (unpaired) electrons. The van der Waals surface area contributed by atoms with E-state index in [2.05, 4.69) is 15.6 Å². The average molecular weight is 433 g/mol. The summed E-state index contributed by atoms with van der Waals surface area (Å²) in [4.78, 5) is 30.0. The third-order valence-electron chi connectivity index (χ3n) is 4.97. The van der Waals surface area contributed by atoms with E-state index in [1.54, 1.807) is 12.1 Å². The van der Waals surface area contributed by atoms with Gasteiger partial charge in [-0.25, -0.2) is 18.6 Å². The molecule has 1 aromatic heterocycles. The summed E-state index contributed by atoms with van der Waals surface area (Å²) < 4.78 is 32.9. The molecule has 1 saturated heterocycles. The number of rotatable bonds is 7. The van der Waals surface area contributed by atoms with E-state index in [9.17, 15) is 18.4 Å². The van der Waals surface area contributed by atoms with Crippen molar-refractivity contribution in [1.82, 2.24) is 15.2 Å². The predicted octanol–water partition coefficient (Wildman–Crippen LogP) is 2.38. The number of aromatic nitrogens is 1. The summed E-state index contributed by atoms with van der Waals surface area (Å²) in [6.45, 7) is 0.435. The number of halogens is 2. The average Bonchev–Trinajstić information content (AvgIpc) is 2.73. The molecule has 8 nitrogen and oxygen atoms in total. The summed E-state index contributed by atoms with van der Waals surface area (Å²) in [5, 5.41) is 4.84. The zero-order valence-electron chi connectivity index (χ0n) is 17.3. The van der Waals surface area contributed by atoms with Gasteiger partial charge in [0.15, 0.2) is 0 Å². The van der Waals surface area contributed by atoms with Crippen LogP contribution in [0, 0.1) is 6.92 Å². The number of hydrogen-bond acceptors (Lipinski definition) is 5. The van der Waals surface area contributed by atoms with E-state index in [-0.39, 0.29) is 12.4 Å². The molecule has 166 valence electrons. The summed E-state index contributed by atoms with van der Waals surface area (Å²) in [7, 11) is 1.41. The van der Waals surface area contributed by atoms with Crippen LogP contribution in [0.25, 0.3) is 0 Å². The van der Waals surface area contributed by atoms with Crippen LogP contribution >= 0.6 is 0 Å². The Balaban J connectivity index is 1.80. The van der Waals surface area contributed by atoms with Gasteiger partial charge in [-0.05, 0) is 30.2 Å². The lowest BCUT2D eigenvalue weighted by Crippen LogP contribution is -2.58. The Labute approximate surface area is 178 Å². The fraction of sp³-hybridized carbons (Fsp3) is 0.381. The number of hydrogen-bond donors (Lipinski definition) is 3. The summed E-state index contributed by atoms with van der Waals surface area (Å²) in [5.74, 6) is -3.35. The smallest absolute Gasteiger partial charge is 0.318 e. The van der Waals surface area contributed by atoms with Crippen molar-refractivity contribution in [2.24, 2.45) is 5.73 Å². The van der Waals surface area contributed by atoms with Gasteiger partial charge in [-0.3, -0.25) is 4.79 Å². The maximum atomic E-state index is 13.9. The molecule has 3 rings (SSSR count).